The minimum absolute atomic E-state index is 0.225. The van der Waals surface area contributed by atoms with Crippen LogP contribution in [0.4, 0.5) is 4.39 Å². The minimum atomic E-state index is -0.416. The van der Waals surface area contributed by atoms with Crippen molar-refractivity contribution in [2.75, 3.05) is 6.54 Å². The van der Waals surface area contributed by atoms with Gasteiger partial charge in [-0.05, 0) is 53.7 Å². The van der Waals surface area contributed by atoms with Crippen molar-refractivity contribution in [2.45, 2.75) is 25.7 Å². The number of halogens is 2. The molecule has 1 aromatic rings. The first-order chi connectivity index (χ1) is 8.68. The summed E-state index contributed by atoms with van der Waals surface area (Å²) in [6.07, 6.45) is 6.64. The maximum Gasteiger partial charge on any atom is 0.252 e. The van der Waals surface area contributed by atoms with Gasteiger partial charge in [-0.2, -0.15) is 0 Å². The third-order valence-electron chi connectivity index (χ3n) is 3.06. The van der Waals surface area contributed by atoms with Crippen molar-refractivity contribution >= 4 is 21.8 Å². The monoisotopic (exact) mass is 311 g/mol. The van der Waals surface area contributed by atoms with Crippen LogP contribution in [-0.4, -0.2) is 12.5 Å². The molecule has 1 aromatic carbocycles. The van der Waals surface area contributed by atoms with E-state index < -0.39 is 5.82 Å². The molecule has 0 unspecified atom stereocenters. The zero-order valence-electron chi connectivity index (χ0n) is 10.0. The molecule has 1 amide bonds. The van der Waals surface area contributed by atoms with Gasteiger partial charge in [-0.1, -0.05) is 17.7 Å². The van der Waals surface area contributed by atoms with E-state index in [-0.39, 0.29) is 10.4 Å². The van der Waals surface area contributed by atoms with Crippen molar-refractivity contribution in [3.05, 3.63) is 45.7 Å². The van der Waals surface area contributed by atoms with Crippen LogP contribution >= 0.6 is 15.9 Å². The third kappa shape index (κ3) is 3.19. The highest BCUT2D eigenvalue weighted by atomic mass is 79.9. The van der Waals surface area contributed by atoms with E-state index in [1.807, 2.05) is 0 Å². The lowest BCUT2D eigenvalue weighted by atomic mass is 10.1. The molecule has 2 nitrogen and oxygen atoms in total. The molecular formula is C14H15BrFNO. The molecule has 0 radical (unpaired) electrons. The van der Waals surface area contributed by atoms with Gasteiger partial charge < -0.3 is 5.32 Å². The standard InChI is InChI=1S/C14H15BrFNO/c15-13-11(6-3-7-12(13)16)14(18)17-9-8-10-4-1-2-5-10/h3-4,6-7H,1-2,5,8-9H2,(H,17,18). The van der Waals surface area contributed by atoms with E-state index in [0.717, 1.165) is 19.3 Å². The summed E-state index contributed by atoms with van der Waals surface area (Å²) in [6.45, 7) is 0.605. The summed E-state index contributed by atoms with van der Waals surface area (Å²) in [5.74, 6) is -0.652. The number of allylic oxidation sites excluding steroid dienone is 1. The Balaban J connectivity index is 1.89. The molecule has 0 aromatic heterocycles. The molecule has 0 saturated heterocycles. The second-order valence-electron chi connectivity index (χ2n) is 4.36. The van der Waals surface area contributed by atoms with Crippen LogP contribution < -0.4 is 5.32 Å². The Morgan fingerprint density at radius 1 is 1.44 bits per heavy atom. The number of hydrogen-bond donors (Lipinski definition) is 1. The maximum atomic E-state index is 13.3. The summed E-state index contributed by atoms with van der Waals surface area (Å²) >= 11 is 3.09. The Labute approximate surface area is 114 Å². The Bertz CT molecular complexity index is 485. The van der Waals surface area contributed by atoms with Gasteiger partial charge in [-0.25, -0.2) is 4.39 Å². The van der Waals surface area contributed by atoms with Crippen LogP contribution in [0, 0.1) is 5.82 Å². The van der Waals surface area contributed by atoms with Gasteiger partial charge in [0, 0.05) is 6.54 Å². The van der Waals surface area contributed by atoms with E-state index in [2.05, 4.69) is 27.3 Å². The van der Waals surface area contributed by atoms with Gasteiger partial charge in [0.15, 0.2) is 0 Å². The van der Waals surface area contributed by atoms with Crippen LogP contribution in [0.15, 0.2) is 34.3 Å². The van der Waals surface area contributed by atoms with Gasteiger partial charge in [0.1, 0.15) is 5.82 Å². The van der Waals surface area contributed by atoms with Gasteiger partial charge in [-0.3, -0.25) is 4.79 Å². The summed E-state index contributed by atoms with van der Waals surface area (Å²) in [6, 6.07) is 4.47. The quantitative estimate of drug-likeness (QED) is 0.842. The highest BCUT2D eigenvalue weighted by molar-refractivity contribution is 9.10. The number of carbonyl (C=O) groups excluding carboxylic acids is 1. The van der Waals surface area contributed by atoms with Gasteiger partial charge in [0.25, 0.3) is 5.91 Å². The average molecular weight is 312 g/mol. The van der Waals surface area contributed by atoms with E-state index in [1.165, 1.54) is 24.1 Å². The summed E-state index contributed by atoms with van der Waals surface area (Å²) < 4.78 is 13.5. The van der Waals surface area contributed by atoms with Crippen LogP contribution in [0.25, 0.3) is 0 Å². The number of carbonyl (C=O) groups is 1. The molecule has 0 aliphatic heterocycles. The zero-order chi connectivity index (χ0) is 13.0. The summed E-state index contributed by atoms with van der Waals surface area (Å²) in [5, 5.41) is 2.82. The van der Waals surface area contributed by atoms with E-state index in [1.54, 1.807) is 6.07 Å². The van der Waals surface area contributed by atoms with Crippen LogP contribution in [0.2, 0.25) is 0 Å². The molecule has 0 bridgehead atoms. The number of rotatable bonds is 4. The lowest BCUT2D eigenvalue weighted by Gasteiger charge is -2.07. The smallest absolute Gasteiger partial charge is 0.252 e. The van der Waals surface area contributed by atoms with Crippen molar-refractivity contribution in [2.24, 2.45) is 0 Å². The van der Waals surface area contributed by atoms with Crippen molar-refractivity contribution in [1.82, 2.24) is 5.32 Å². The first kappa shape index (κ1) is 13.3. The first-order valence-electron chi connectivity index (χ1n) is 6.08. The van der Waals surface area contributed by atoms with Crippen molar-refractivity contribution in [1.29, 1.82) is 0 Å². The van der Waals surface area contributed by atoms with Gasteiger partial charge in [-0.15, -0.1) is 0 Å². The molecule has 0 spiro atoms. The first-order valence-corrected chi connectivity index (χ1v) is 6.88. The molecule has 1 N–H and O–H groups in total. The Morgan fingerprint density at radius 2 is 2.28 bits per heavy atom. The Hall–Kier alpha value is -1.16. The zero-order valence-corrected chi connectivity index (χ0v) is 11.6. The highest BCUT2D eigenvalue weighted by Gasteiger charge is 2.12. The number of amides is 1. The fraction of sp³-hybridized carbons (Fsp3) is 0.357. The molecule has 0 saturated carbocycles. The number of nitrogens with one attached hydrogen (secondary N) is 1. The van der Waals surface area contributed by atoms with Crippen LogP contribution in [0.5, 0.6) is 0 Å². The fourth-order valence-corrected chi connectivity index (χ4v) is 2.52. The largest absolute Gasteiger partial charge is 0.352 e. The average Bonchev–Trinajstić information content (AvgIpc) is 2.85. The van der Waals surface area contributed by atoms with Crippen molar-refractivity contribution in [3.63, 3.8) is 0 Å². The predicted molar refractivity (Wildman–Crippen MR) is 73.0 cm³/mol. The predicted octanol–water partition coefficient (Wildman–Crippen LogP) is 3.82. The van der Waals surface area contributed by atoms with Crippen molar-refractivity contribution < 1.29 is 9.18 Å². The van der Waals surface area contributed by atoms with Crippen LogP contribution in [-0.2, 0) is 0 Å². The normalized spacial score (nSPS) is 14.4. The fourth-order valence-electron chi connectivity index (χ4n) is 2.08. The Kier molecular flexibility index (Phi) is 4.53. The lowest BCUT2D eigenvalue weighted by Crippen LogP contribution is -2.25. The van der Waals surface area contributed by atoms with E-state index in [9.17, 15) is 9.18 Å². The second-order valence-corrected chi connectivity index (χ2v) is 5.15. The molecular weight excluding hydrogens is 297 g/mol. The summed E-state index contributed by atoms with van der Waals surface area (Å²) in [5.41, 5.74) is 1.75. The molecule has 0 fully saturated rings. The van der Waals surface area contributed by atoms with Gasteiger partial charge in [0.05, 0.1) is 10.0 Å². The van der Waals surface area contributed by atoms with Gasteiger partial charge >= 0.3 is 0 Å². The second kappa shape index (κ2) is 6.14. The molecule has 0 heterocycles. The van der Waals surface area contributed by atoms with Crippen molar-refractivity contribution in [3.8, 4) is 0 Å². The highest BCUT2D eigenvalue weighted by Crippen LogP contribution is 2.21. The maximum absolute atomic E-state index is 13.3. The van der Waals surface area contributed by atoms with Gasteiger partial charge in [0.2, 0.25) is 0 Å². The molecule has 4 heteroatoms. The molecule has 0 atom stereocenters. The van der Waals surface area contributed by atoms with E-state index >= 15 is 0 Å². The lowest BCUT2D eigenvalue weighted by molar-refractivity contribution is 0.0953. The number of benzene rings is 1. The number of hydrogen-bond acceptors (Lipinski definition) is 1. The molecule has 1 aliphatic rings. The topological polar surface area (TPSA) is 29.1 Å². The Morgan fingerprint density at radius 3 is 3.00 bits per heavy atom. The molecule has 1 aliphatic carbocycles. The molecule has 18 heavy (non-hydrogen) atoms. The summed E-state index contributed by atoms with van der Waals surface area (Å²) in [4.78, 5) is 11.9. The minimum Gasteiger partial charge on any atom is -0.352 e. The molecule has 2 rings (SSSR count). The molecule has 96 valence electrons. The van der Waals surface area contributed by atoms with E-state index in [4.69, 9.17) is 0 Å². The summed E-state index contributed by atoms with van der Waals surface area (Å²) in [7, 11) is 0. The van der Waals surface area contributed by atoms with Crippen LogP contribution in [0.1, 0.15) is 36.0 Å². The van der Waals surface area contributed by atoms with Crippen LogP contribution in [0.3, 0.4) is 0 Å². The third-order valence-corrected chi connectivity index (χ3v) is 3.87. The van der Waals surface area contributed by atoms with E-state index in [0.29, 0.717) is 12.1 Å². The SMILES string of the molecule is O=C(NCCC1=CCCC1)c1cccc(F)c1Br.